The predicted octanol–water partition coefficient (Wildman–Crippen LogP) is 3.93. The van der Waals surface area contributed by atoms with Gasteiger partial charge < -0.3 is 15.6 Å². The van der Waals surface area contributed by atoms with Gasteiger partial charge in [0.2, 0.25) is 0 Å². The average molecular weight is 403 g/mol. The topological polar surface area (TPSA) is 98.5 Å². The second kappa shape index (κ2) is 7.29. The molecule has 1 aromatic carbocycles. The molecular weight excluding hydrogens is 376 g/mol. The summed E-state index contributed by atoms with van der Waals surface area (Å²) in [5.74, 6) is 0.993. The third-order valence-corrected chi connectivity index (χ3v) is 6.56. The van der Waals surface area contributed by atoms with Gasteiger partial charge in [0.1, 0.15) is 5.39 Å². The number of benzene rings is 1. The number of aromatic amines is 1. The van der Waals surface area contributed by atoms with Gasteiger partial charge in [-0.15, -0.1) is 0 Å². The number of aromatic nitrogens is 3. The van der Waals surface area contributed by atoms with Crippen LogP contribution in [0.15, 0.2) is 41.3 Å². The van der Waals surface area contributed by atoms with Gasteiger partial charge in [0.05, 0.1) is 24.0 Å². The Morgan fingerprint density at radius 1 is 1.33 bits per heavy atom. The standard InChI is InChI=1S/C23H26N6O/c1-23(11-2-13-26-23)16-5-7-17(8-6-16)27-21-20-19(10-14-25-22(20)30)29(28-21)18(9-12-24)15-3-4-15/h5-8,10,14-15,18,26H,2-4,9,11,13H2,1H3,(H,25,30)(H,27,28)/t18-,23?/m0/s1. The number of nitrogens with zero attached hydrogens (tertiary/aromatic N) is 3. The highest BCUT2D eigenvalue weighted by Gasteiger charge is 2.34. The van der Waals surface area contributed by atoms with Gasteiger partial charge in [0, 0.05) is 17.4 Å². The highest BCUT2D eigenvalue weighted by molar-refractivity contribution is 5.91. The number of H-pyrrole nitrogens is 1. The maximum atomic E-state index is 12.6. The fourth-order valence-corrected chi connectivity index (χ4v) is 4.67. The molecule has 0 amide bonds. The molecule has 1 saturated carbocycles. The summed E-state index contributed by atoms with van der Waals surface area (Å²) >= 11 is 0. The van der Waals surface area contributed by atoms with Crippen LogP contribution in [0.5, 0.6) is 0 Å². The van der Waals surface area contributed by atoms with Gasteiger partial charge in [-0.1, -0.05) is 12.1 Å². The fourth-order valence-electron chi connectivity index (χ4n) is 4.67. The zero-order valence-electron chi connectivity index (χ0n) is 17.1. The lowest BCUT2D eigenvalue weighted by Crippen LogP contribution is -2.32. The zero-order valence-corrected chi connectivity index (χ0v) is 17.1. The van der Waals surface area contributed by atoms with E-state index in [1.807, 2.05) is 22.9 Å². The first kappa shape index (κ1) is 18.9. The van der Waals surface area contributed by atoms with Crippen molar-refractivity contribution in [3.63, 3.8) is 0 Å². The molecule has 3 N–H and O–H groups in total. The molecule has 1 aliphatic carbocycles. The summed E-state index contributed by atoms with van der Waals surface area (Å²) in [4.78, 5) is 15.4. The summed E-state index contributed by atoms with van der Waals surface area (Å²) in [7, 11) is 0. The Bertz CT molecular complexity index is 1160. The summed E-state index contributed by atoms with van der Waals surface area (Å²) in [5.41, 5.74) is 2.78. The number of hydrogen-bond acceptors (Lipinski definition) is 5. The van der Waals surface area contributed by atoms with Crippen molar-refractivity contribution in [1.82, 2.24) is 20.1 Å². The lowest BCUT2D eigenvalue weighted by molar-refractivity contribution is 0.426. The van der Waals surface area contributed by atoms with Crippen molar-refractivity contribution in [2.24, 2.45) is 5.92 Å². The van der Waals surface area contributed by atoms with Crippen molar-refractivity contribution in [3.05, 3.63) is 52.4 Å². The van der Waals surface area contributed by atoms with Crippen LogP contribution >= 0.6 is 0 Å². The van der Waals surface area contributed by atoms with Crippen LogP contribution in [0.4, 0.5) is 11.5 Å². The summed E-state index contributed by atoms with van der Waals surface area (Å²) in [6.45, 7) is 3.29. The van der Waals surface area contributed by atoms with Crippen molar-refractivity contribution in [1.29, 1.82) is 5.26 Å². The fraction of sp³-hybridized carbons (Fsp3) is 0.435. The SMILES string of the molecule is CC1(c2ccc(Nc3nn([C@@H](CC#N)C4CC4)c4cc[nH]c(=O)c34)cc2)CCCN1. The molecule has 2 aromatic heterocycles. The van der Waals surface area contributed by atoms with Crippen LogP contribution in [-0.4, -0.2) is 21.3 Å². The van der Waals surface area contributed by atoms with E-state index in [2.05, 4.69) is 40.7 Å². The summed E-state index contributed by atoms with van der Waals surface area (Å²) in [5, 5.41) is 21.5. The maximum Gasteiger partial charge on any atom is 0.261 e. The normalized spacial score (nSPS) is 22.1. The van der Waals surface area contributed by atoms with Gasteiger partial charge in [-0.05, 0) is 68.8 Å². The molecule has 2 aliphatic rings. The minimum Gasteiger partial charge on any atom is -0.338 e. The Hall–Kier alpha value is -3.11. The first-order valence-corrected chi connectivity index (χ1v) is 10.7. The van der Waals surface area contributed by atoms with E-state index in [-0.39, 0.29) is 17.1 Å². The van der Waals surface area contributed by atoms with Crippen molar-refractivity contribution in [2.45, 2.75) is 50.6 Å². The third kappa shape index (κ3) is 3.27. The van der Waals surface area contributed by atoms with Crippen LogP contribution in [0.1, 0.15) is 50.6 Å². The Balaban J connectivity index is 1.50. The predicted molar refractivity (Wildman–Crippen MR) is 117 cm³/mol. The molecule has 2 fully saturated rings. The van der Waals surface area contributed by atoms with Crippen LogP contribution in [-0.2, 0) is 5.54 Å². The van der Waals surface area contributed by atoms with Crippen LogP contribution in [0.25, 0.3) is 10.9 Å². The van der Waals surface area contributed by atoms with E-state index >= 15 is 0 Å². The number of rotatable bonds is 6. The lowest BCUT2D eigenvalue weighted by atomic mass is 9.90. The van der Waals surface area contributed by atoms with Crippen LogP contribution in [0.2, 0.25) is 0 Å². The molecule has 2 atom stereocenters. The van der Waals surface area contributed by atoms with Crippen LogP contribution < -0.4 is 16.2 Å². The van der Waals surface area contributed by atoms with Crippen molar-refractivity contribution >= 4 is 22.4 Å². The first-order valence-electron chi connectivity index (χ1n) is 10.7. The highest BCUT2D eigenvalue weighted by Crippen LogP contribution is 2.43. The minimum absolute atomic E-state index is 0.00520. The van der Waals surface area contributed by atoms with Crippen molar-refractivity contribution in [2.75, 3.05) is 11.9 Å². The average Bonchev–Trinajstić information content (AvgIpc) is 3.39. The van der Waals surface area contributed by atoms with E-state index in [9.17, 15) is 10.1 Å². The van der Waals surface area contributed by atoms with E-state index in [1.54, 1.807) is 6.20 Å². The Labute approximate surface area is 175 Å². The lowest BCUT2D eigenvalue weighted by Gasteiger charge is -2.25. The van der Waals surface area contributed by atoms with Crippen molar-refractivity contribution in [3.8, 4) is 6.07 Å². The molecule has 3 aromatic rings. The van der Waals surface area contributed by atoms with E-state index in [0.717, 1.165) is 37.0 Å². The molecule has 7 heteroatoms. The van der Waals surface area contributed by atoms with E-state index < -0.39 is 0 Å². The second-order valence-electron chi connectivity index (χ2n) is 8.69. The van der Waals surface area contributed by atoms with Crippen LogP contribution in [0.3, 0.4) is 0 Å². The molecular formula is C23H26N6O. The number of nitriles is 1. The minimum atomic E-state index is -0.174. The molecule has 1 unspecified atom stereocenters. The van der Waals surface area contributed by atoms with Gasteiger partial charge in [-0.25, -0.2) is 0 Å². The third-order valence-electron chi connectivity index (χ3n) is 6.56. The summed E-state index contributed by atoms with van der Waals surface area (Å²) < 4.78 is 1.88. The molecule has 3 heterocycles. The summed E-state index contributed by atoms with van der Waals surface area (Å²) in [6, 6.07) is 12.5. The maximum absolute atomic E-state index is 12.6. The van der Waals surface area contributed by atoms with Gasteiger partial charge >= 0.3 is 0 Å². The largest absolute Gasteiger partial charge is 0.338 e. The smallest absolute Gasteiger partial charge is 0.261 e. The van der Waals surface area contributed by atoms with Crippen molar-refractivity contribution < 1.29 is 0 Å². The summed E-state index contributed by atoms with van der Waals surface area (Å²) in [6.07, 6.45) is 6.57. The molecule has 1 saturated heterocycles. The molecule has 154 valence electrons. The van der Waals surface area contributed by atoms with Gasteiger partial charge in [0.25, 0.3) is 5.56 Å². The van der Waals surface area contributed by atoms with Gasteiger partial charge in [0.15, 0.2) is 5.82 Å². The number of hydrogen-bond donors (Lipinski definition) is 3. The Morgan fingerprint density at radius 3 is 2.80 bits per heavy atom. The molecule has 30 heavy (non-hydrogen) atoms. The second-order valence-corrected chi connectivity index (χ2v) is 8.69. The quantitative estimate of drug-likeness (QED) is 0.580. The zero-order chi connectivity index (χ0) is 20.7. The number of pyridine rings is 1. The Morgan fingerprint density at radius 2 is 2.13 bits per heavy atom. The van der Waals surface area contributed by atoms with Gasteiger partial charge in [-0.3, -0.25) is 9.48 Å². The molecule has 7 nitrogen and oxygen atoms in total. The first-order chi connectivity index (χ1) is 14.6. The van der Waals surface area contributed by atoms with Crippen LogP contribution in [0, 0.1) is 17.2 Å². The number of fused-ring (bicyclic) bond motifs is 1. The van der Waals surface area contributed by atoms with E-state index in [4.69, 9.17) is 5.10 Å². The molecule has 5 rings (SSSR count). The monoisotopic (exact) mass is 402 g/mol. The molecule has 0 spiro atoms. The number of nitrogens with one attached hydrogen (secondary N) is 3. The van der Waals surface area contributed by atoms with E-state index in [0.29, 0.717) is 23.5 Å². The molecule has 0 radical (unpaired) electrons. The molecule has 0 bridgehead atoms. The van der Waals surface area contributed by atoms with E-state index in [1.165, 1.54) is 12.0 Å². The highest BCUT2D eigenvalue weighted by atomic mass is 16.1. The Kier molecular flexibility index (Phi) is 4.59. The number of anilines is 2. The molecule has 1 aliphatic heterocycles. The van der Waals surface area contributed by atoms with Gasteiger partial charge in [-0.2, -0.15) is 10.4 Å².